The Labute approximate surface area is 99.4 Å². The Bertz CT molecular complexity index is 624. The standard InChI is InChI=1S/C14H15N3/c15-7-9-1-3-11-12-4-2-10(8-16)6-14(12)17-13(11)5-9/h1-6,17H,7-8,15-16H2. The molecule has 0 fully saturated rings. The number of nitrogens with one attached hydrogen (secondary N) is 1. The van der Waals surface area contributed by atoms with Crippen LogP contribution in [-0.4, -0.2) is 4.98 Å². The van der Waals surface area contributed by atoms with Crippen LogP contribution in [0.3, 0.4) is 0 Å². The first-order valence-corrected chi connectivity index (χ1v) is 5.75. The van der Waals surface area contributed by atoms with Gasteiger partial charge in [0.05, 0.1) is 0 Å². The first-order chi connectivity index (χ1) is 8.31. The molecule has 1 heterocycles. The summed E-state index contributed by atoms with van der Waals surface area (Å²) in [7, 11) is 0. The maximum absolute atomic E-state index is 5.65. The third-order valence-corrected chi connectivity index (χ3v) is 3.20. The Morgan fingerprint density at radius 2 is 1.24 bits per heavy atom. The highest BCUT2D eigenvalue weighted by Gasteiger charge is 2.04. The van der Waals surface area contributed by atoms with Gasteiger partial charge in [-0.1, -0.05) is 24.3 Å². The van der Waals surface area contributed by atoms with Crippen LogP contribution in [0.1, 0.15) is 11.1 Å². The van der Waals surface area contributed by atoms with Crippen LogP contribution in [0.4, 0.5) is 0 Å². The van der Waals surface area contributed by atoms with Crippen LogP contribution in [0, 0.1) is 0 Å². The number of hydrogen-bond donors (Lipinski definition) is 3. The molecule has 0 saturated carbocycles. The Morgan fingerprint density at radius 1 is 0.765 bits per heavy atom. The van der Waals surface area contributed by atoms with Gasteiger partial charge in [-0.15, -0.1) is 0 Å². The Hall–Kier alpha value is -1.84. The average Bonchev–Trinajstić information content (AvgIpc) is 2.74. The molecule has 0 amide bonds. The van der Waals surface area contributed by atoms with E-state index < -0.39 is 0 Å². The number of nitrogens with two attached hydrogens (primary N) is 2. The molecule has 3 aromatic rings. The molecule has 2 aromatic carbocycles. The molecule has 0 spiro atoms. The van der Waals surface area contributed by atoms with Gasteiger partial charge < -0.3 is 16.5 Å². The summed E-state index contributed by atoms with van der Waals surface area (Å²) in [5.41, 5.74) is 15.9. The number of benzene rings is 2. The van der Waals surface area contributed by atoms with Crippen LogP contribution in [-0.2, 0) is 13.1 Å². The maximum Gasteiger partial charge on any atom is 0.0468 e. The molecule has 86 valence electrons. The summed E-state index contributed by atoms with van der Waals surface area (Å²) < 4.78 is 0. The third-order valence-electron chi connectivity index (χ3n) is 3.20. The normalized spacial score (nSPS) is 11.4. The molecular formula is C14H15N3. The second kappa shape index (κ2) is 3.87. The minimum Gasteiger partial charge on any atom is -0.354 e. The zero-order valence-corrected chi connectivity index (χ0v) is 9.53. The number of aromatic nitrogens is 1. The van der Waals surface area contributed by atoms with Crippen molar-refractivity contribution >= 4 is 21.8 Å². The second-order valence-electron chi connectivity index (χ2n) is 4.29. The lowest BCUT2D eigenvalue weighted by molar-refractivity contribution is 1.07. The number of aromatic amines is 1. The molecule has 17 heavy (non-hydrogen) atoms. The predicted octanol–water partition coefficient (Wildman–Crippen LogP) is 2.24. The van der Waals surface area contributed by atoms with Crippen LogP contribution in [0.5, 0.6) is 0 Å². The summed E-state index contributed by atoms with van der Waals surface area (Å²) in [5, 5.41) is 2.47. The van der Waals surface area contributed by atoms with Crippen molar-refractivity contribution in [2.75, 3.05) is 0 Å². The van der Waals surface area contributed by atoms with E-state index >= 15 is 0 Å². The SMILES string of the molecule is NCc1ccc2c(c1)[nH]c1cc(CN)ccc12. The van der Waals surface area contributed by atoms with E-state index in [4.69, 9.17) is 11.5 Å². The maximum atomic E-state index is 5.65. The molecule has 1 aromatic heterocycles. The summed E-state index contributed by atoms with van der Waals surface area (Å²) in [5.74, 6) is 0. The zero-order chi connectivity index (χ0) is 11.8. The summed E-state index contributed by atoms with van der Waals surface area (Å²) in [6.07, 6.45) is 0. The van der Waals surface area contributed by atoms with Gasteiger partial charge in [0.1, 0.15) is 0 Å². The summed E-state index contributed by atoms with van der Waals surface area (Å²) >= 11 is 0. The second-order valence-corrected chi connectivity index (χ2v) is 4.29. The molecule has 0 aliphatic heterocycles. The first kappa shape index (κ1) is 10.3. The van der Waals surface area contributed by atoms with Gasteiger partial charge in [-0.2, -0.15) is 0 Å². The molecule has 0 aliphatic rings. The first-order valence-electron chi connectivity index (χ1n) is 5.75. The summed E-state index contributed by atoms with van der Waals surface area (Å²) in [6, 6.07) is 12.6. The van der Waals surface area contributed by atoms with Gasteiger partial charge in [-0.3, -0.25) is 0 Å². The molecule has 0 saturated heterocycles. The van der Waals surface area contributed by atoms with E-state index in [-0.39, 0.29) is 0 Å². The van der Waals surface area contributed by atoms with Crippen LogP contribution in [0.25, 0.3) is 21.8 Å². The molecule has 0 atom stereocenters. The Kier molecular flexibility index (Phi) is 2.35. The third kappa shape index (κ3) is 1.60. The number of rotatable bonds is 2. The van der Waals surface area contributed by atoms with Gasteiger partial charge in [-0.05, 0) is 23.3 Å². The van der Waals surface area contributed by atoms with E-state index in [1.54, 1.807) is 0 Å². The van der Waals surface area contributed by atoms with Gasteiger partial charge >= 0.3 is 0 Å². The van der Waals surface area contributed by atoms with E-state index in [0.717, 1.165) is 22.2 Å². The highest BCUT2D eigenvalue weighted by atomic mass is 14.7. The van der Waals surface area contributed by atoms with Crippen molar-refractivity contribution < 1.29 is 0 Å². The summed E-state index contributed by atoms with van der Waals surface area (Å²) in [6.45, 7) is 1.14. The van der Waals surface area contributed by atoms with Gasteiger partial charge in [0.2, 0.25) is 0 Å². The predicted molar refractivity (Wildman–Crippen MR) is 71.6 cm³/mol. The smallest absolute Gasteiger partial charge is 0.0468 e. The van der Waals surface area contributed by atoms with E-state index in [1.165, 1.54) is 10.8 Å². The molecule has 3 nitrogen and oxygen atoms in total. The average molecular weight is 225 g/mol. The lowest BCUT2D eigenvalue weighted by atomic mass is 10.1. The molecular weight excluding hydrogens is 210 g/mol. The van der Waals surface area contributed by atoms with Crippen molar-refractivity contribution in [3.05, 3.63) is 47.5 Å². The van der Waals surface area contributed by atoms with E-state index in [1.807, 2.05) is 0 Å². The number of fused-ring (bicyclic) bond motifs is 3. The van der Waals surface area contributed by atoms with Crippen molar-refractivity contribution in [3.63, 3.8) is 0 Å². The van der Waals surface area contributed by atoms with Crippen molar-refractivity contribution in [3.8, 4) is 0 Å². The van der Waals surface area contributed by atoms with Crippen molar-refractivity contribution in [1.82, 2.24) is 4.98 Å². The van der Waals surface area contributed by atoms with Crippen molar-refractivity contribution in [1.29, 1.82) is 0 Å². The van der Waals surface area contributed by atoms with E-state index in [2.05, 4.69) is 41.4 Å². The lowest BCUT2D eigenvalue weighted by Crippen LogP contribution is -1.94. The molecule has 3 heteroatoms. The summed E-state index contributed by atoms with van der Waals surface area (Å²) in [4.78, 5) is 3.42. The van der Waals surface area contributed by atoms with Crippen LogP contribution in [0.15, 0.2) is 36.4 Å². The van der Waals surface area contributed by atoms with Crippen molar-refractivity contribution in [2.24, 2.45) is 11.5 Å². The molecule has 0 aliphatic carbocycles. The molecule has 0 radical (unpaired) electrons. The van der Waals surface area contributed by atoms with Gasteiger partial charge in [0, 0.05) is 34.9 Å². The monoisotopic (exact) mass is 225 g/mol. The molecule has 0 bridgehead atoms. The largest absolute Gasteiger partial charge is 0.354 e. The quantitative estimate of drug-likeness (QED) is 0.626. The van der Waals surface area contributed by atoms with Crippen LogP contribution < -0.4 is 11.5 Å². The highest BCUT2D eigenvalue weighted by molar-refractivity contribution is 6.07. The Balaban J connectivity index is 2.32. The fourth-order valence-corrected chi connectivity index (χ4v) is 2.26. The van der Waals surface area contributed by atoms with Gasteiger partial charge in [-0.25, -0.2) is 0 Å². The van der Waals surface area contributed by atoms with Crippen LogP contribution >= 0.6 is 0 Å². The lowest BCUT2D eigenvalue weighted by Gasteiger charge is -1.97. The number of H-pyrrole nitrogens is 1. The number of hydrogen-bond acceptors (Lipinski definition) is 2. The van der Waals surface area contributed by atoms with Crippen LogP contribution in [0.2, 0.25) is 0 Å². The molecule has 0 unspecified atom stereocenters. The molecule has 3 rings (SSSR count). The zero-order valence-electron chi connectivity index (χ0n) is 9.53. The highest BCUT2D eigenvalue weighted by Crippen LogP contribution is 2.26. The fraction of sp³-hybridized carbons (Fsp3) is 0.143. The van der Waals surface area contributed by atoms with E-state index in [9.17, 15) is 0 Å². The molecule has 5 N–H and O–H groups in total. The van der Waals surface area contributed by atoms with Gasteiger partial charge in [0.15, 0.2) is 0 Å². The minimum absolute atomic E-state index is 0.569. The minimum atomic E-state index is 0.569. The fourth-order valence-electron chi connectivity index (χ4n) is 2.26. The van der Waals surface area contributed by atoms with Gasteiger partial charge in [0.25, 0.3) is 0 Å². The Morgan fingerprint density at radius 3 is 1.65 bits per heavy atom. The topological polar surface area (TPSA) is 67.8 Å². The van der Waals surface area contributed by atoms with Crippen molar-refractivity contribution in [2.45, 2.75) is 13.1 Å². The van der Waals surface area contributed by atoms with E-state index in [0.29, 0.717) is 13.1 Å².